The molecular weight excluding hydrogens is 238 g/mol. The van der Waals surface area contributed by atoms with Crippen LogP contribution in [0.15, 0.2) is 11.4 Å². The number of methoxy groups -OCH3 is 1. The van der Waals surface area contributed by atoms with Gasteiger partial charge >= 0.3 is 0 Å². The molecule has 0 radical (unpaired) electrons. The Bertz CT molecular complexity index is 387. The van der Waals surface area contributed by atoms with E-state index in [4.69, 9.17) is 9.84 Å². The van der Waals surface area contributed by atoms with Crippen molar-refractivity contribution in [3.63, 3.8) is 0 Å². The van der Waals surface area contributed by atoms with E-state index in [9.17, 15) is 4.79 Å². The largest absolute Gasteiger partial charge is 0.496 e. The second-order valence-corrected chi connectivity index (χ2v) is 5.07. The summed E-state index contributed by atoms with van der Waals surface area (Å²) in [6.07, 6.45) is 3.27. The molecule has 1 saturated carbocycles. The summed E-state index contributed by atoms with van der Waals surface area (Å²) in [5, 5.41) is 10.9. The quantitative estimate of drug-likeness (QED) is 0.872. The van der Waals surface area contributed by atoms with Gasteiger partial charge in [0.05, 0.1) is 18.6 Å². The van der Waals surface area contributed by atoms with E-state index in [1.54, 1.807) is 18.1 Å². The van der Waals surface area contributed by atoms with Crippen molar-refractivity contribution in [1.29, 1.82) is 0 Å². The number of nitrogens with zero attached hydrogens (tertiary/aromatic N) is 1. The maximum Gasteiger partial charge on any atom is 0.264 e. The first kappa shape index (κ1) is 12.4. The van der Waals surface area contributed by atoms with E-state index < -0.39 is 0 Å². The van der Waals surface area contributed by atoms with Crippen LogP contribution in [-0.4, -0.2) is 42.2 Å². The lowest BCUT2D eigenvalue weighted by Crippen LogP contribution is -2.45. The standard InChI is InChI=1S/C12H17NO3S/c1-16-10-7-11(17-8-10)12(15)13(5-6-14)9-3-2-4-9/h7-9,14H,2-6H2,1H3. The molecule has 2 rings (SSSR count). The van der Waals surface area contributed by atoms with E-state index in [0.717, 1.165) is 18.6 Å². The first-order chi connectivity index (χ1) is 8.26. The smallest absolute Gasteiger partial charge is 0.264 e. The maximum absolute atomic E-state index is 12.3. The fraction of sp³-hybridized carbons (Fsp3) is 0.583. The number of thiophene rings is 1. The van der Waals surface area contributed by atoms with Crippen LogP contribution in [0.5, 0.6) is 5.75 Å². The van der Waals surface area contributed by atoms with Gasteiger partial charge in [0.15, 0.2) is 0 Å². The number of hydrogen-bond acceptors (Lipinski definition) is 4. The average molecular weight is 255 g/mol. The maximum atomic E-state index is 12.3. The predicted octanol–water partition coefficient (Wildman–Crippen LogP) is 1.74. The molecule has 1 aliphatic rings. The zero-order valence-electron chi connectivity index (χ0n) is 9.89. The topological polar surface area (TPSA) is 49.8 Å². The lowest BCUT2D eigenvalue weighted by atomic mass is 9.91. The van der Waals surface area contributed by atoms with Crippen LogP contribution in [0.2, 0.25) is 0 Å². The molecule has 1 aromatic rings. The summed E-state index contributed by atoms with van der Waals surface area (Å²) >= 11 is 1.39. The normalized spacial score (nSPS) is 15.4. The van der Waals surface area contributed by atoms with Crippen molar-refractivity contribution in [2.24, 2.45) is 0 Å². The third kappa shape index (κ3) is 2.61. The van der Waals surface area contributed by atoms with Gasteiger partial charge in [0, 0.05) is 24.0 Å². The molecule has 5 heteroatoms. The number of ether oxygens (including phenoxy) is 1. The number of carbonyl (C=O) groups excluding carboxylic acids is 1. The summed E-state index contributed by atoms with van der Waals surface area (Å²) in [5.74, 6) is 0.730. The van der Waals surface area contributed by atoms with Gasteiger partial charge in [0.25, 0.3) is 5.91 Å². The first-order valence-electron chi connectivity index (χ1n) is 5.80. The Morgan fingerprint density at radius 1 is 1.65 bits per heavy atom. The fourth-order valence-electron chi connectivity index (χ4n) is 1.94. The minimum atomic E-state index is 0.0112. The van der Waals surface area contributed by atoms with Gasteiger partial charge in [0.1, 0.15) is 5.75 Å². The molecule has 1 aliphatic carbocycles. The summed E-state index contributed by atoms with van der Waals surface area (Å²) < 4.78 is 5.08. The summed E-state index contributed by atoms with van der Waals surface area (Å²) in [5.41, 5.74) is 0. The first-order valence-corrected chi connectivity index (χ1v) is 6.68. The molecule has 0 saturated heterocycles. The van der Waals surface area contributed by atoms with Gasteiger partial charge in [0.2, 0.25) is 0 Å². The van der Waals surface area contributed by atoms with Crippen LogP contribution in [0.4, 0.5) is 0 Å². The van der Waals surface area contributed by atoms with Gasteiger partial charge in [-0.25, -0.2) is 0 Å². The van der Waals surface area contributed by atoms with Gasteiger partial charge in [-0.15, -0.1) is 11.3 Å². The minimum Gasteiger partial charge on any atom is -0.496 e. The highest BCUT2D eigenvalue weighted by Crippen LogP contribution is 2.28. The lowest BCUT2D eigenvalue weighted by molar-refractivity contribution is 0.0530. The molecule has 17 heavy (non-hydrogen) atoms. The Balaban J connectivity index is 2.09. The van der Waals surface area contributed by atoms with Crippen LogP contribution in [-0.2, 0) is 0 Å². The molecule has 1 amide bonds. The summed E-state index contributed by atoms with van der Waals surface area (Å²) in [4.78, 5) is 14.7. The molecule has 0 aromatic carbocycles. The van der Waals surface area contributed by atoms with E-state index in [2.05, 4.69) is 0 Å². The molecule has 0 unspecified atom stereocenters. The molecule has 94 valence electrons. The molecule has 0 aliphatic heterocycles. The number of hydrogen-bond donors (Lipinski definition) is 1. The van der Waals surface area contributed by atoms with Crippen molar-refractivity contribution in [3.8, 4) is 5.75 Å². The Hall–Kier alpha value is -1.07. The Labute approximate surface area is 105 Å². The summed E-state index contributed by atoms with van der Waals surface area (Å²) in [6, 6.07) is 2.07. The van der Waals surface area contributed by atoms with Crippen molar-refractivity contribution < 1.29 is 14.6 Å². The molecular formula is C12H17NO3S. The number of rotatable bonds is 5. The molecule has 1 N–H and O–H groups in total. The van der Waals surface area contributed by atoms with Crippen LogP contribution in [0.25, 0.3) is 0 Å². The van der Waals surface area contributed by atoms with E-state index >= 15 is 0 Å². The molecule has 0 atom stereocenters. The van der Waals surface area contributed by atoms with E-state index in [0.29, 0.717) is 17.5 Å². The highest BCUT2D eigenvalue weighted by atomic mass is 32.1. The Morgan fingerprint density at radius 3 is 2.88 bits per heavy atom. The van der Waals surface area contributed by atoms with Crippen molar-refractivity contribution in [2.75, 3.05) is 20.3 Å². The summed E-state index contributed by atoms with van der Waals surface area (Å²) in [7, 11) is 1.59. The molecule has 0 bridgehead atoms. The Morgan fingerprint density at radius 2 is 2.41 bits per heavy atom. The van der Waals surface area contributed by atoms with Crippen molar-refractivity contribution >= 4 is 17.2 Å². The second kappa shape index (κ2) is 5.51. The van der Waals surface area contributed by atoms with E-state index in [1.165, 1.54) is 17.8 Å². The van der Waals surface area contributed by atoms with Gasteiger partial charge < -0.3 is 14.7 Å². The highest BCUT2D eigenvalue weighted by molar-refractivity contribution is 7.12. The van der Waals surface area contributed by atoms with Crippen molar-refractivity contribution in [1.82, 2.24) is 4.90 Å². The summed E-state index contributed by atoms with van der Waals surface area (Å²) in [6.45, 7) is 0.439. The number of carbonyl (C=O) groups is 1. The predicted molar refractivity (Wildman–Crippen MR) is 66.6 cm³/mol. The van der Waals surface area contributed by atoms with Crippen LogP contribution in [0.1, 0.15) is 28.9 Å². The van der Waals surface area contributed by atoms with E-state index in [-0.39, 0.29) is 12.5 Å². The van der Waals surface area contributed by atoms with Gasteiger partial charge in [-0.3, -0.25) is 4.79 Å². The zero-order valence-corrected chi connectivity index (χ0v) is 10.7. The zero-order chi connectivity index (χ0) is 12.3. The molecule has 0 spiro atoms. The van der Waals surface area contributed by atoms with Crippen LogP contribution < -0.4 is 4.74 Å². The Kier molecular flexibility index (Phi) is 4.02. The number of aliphatic hydroxyl groups excluding tert-OH is 1. The molecule has 1 heterocycles. The van der Waals surface area contributed by atoms with Crippen LogP contribution in [0.3, 0.4) is 0 Å². The SMILES string of the molecule is COc1csc(C(=O)N(CCO)C2CCC2)c1. The van der Waals surface area contributed by atoms with Crippen LogP contribution >= 0.6 is 11.3 Å². The highest BCUT2D eigenvalue weighted by Gasteiger charge is 2.29. The molecule has 1 aromatic heterocycles. The van der Waals surface area contributed by atoms with Crippen molar-refractivity contribution in [2.45, 2.75) is 25.3 Å². The lowest BCUT2D eigenvalue weighted by Gasteiger charge is -2.37. The average Bonchev–Trinajstić information content (AvgIpc) is 2.73. The fourth-order valence-corrected chi connectivity index (χ4v) is 2.75. The van der Waals surface area contributed by atoms with Crippen LogP contribution in [0, 0.1) is 0 Å². The monoisotopic (exact) mass is 255 g/mol. The number of amides is 1. The van der Waals surface area contributed by atoms with E-state index in [1.807, 2.05) is 5.38 Å². The third-order valence-electron chi connectivity index (χ3n) is 3.14. The molecule has 4 nitrogen and oxygen atoms in total. The third-order valence-corrected chi connectivity index (χ3v) is 4.04. The molecule has 1 fully saturated rings. The number of aliphatic hydroxyl groups is 1. The van der Waals surface area contributed by atoms with Crippen molar-refractivity contribution in [3.05, 3.63) is 16.3 Å². The van der Waals surface area contributed by atoms with Gasteiger partial charge in [-0.05, 0) is 19.3 Å². The second-order valence-electron chi connectivity index (χ2n) is 4.16. The van der Waals surface area contributed by atoms with Gasteiger partial charge in [-0.2, -0.15) is 0 Å². The minimum absolute atomic E-state index is 0.0112. The van der Waals surface area contributed by atoms with Gasteiger partial charge in [-0.1, -0.05) is 0 Å².